The van der Waals surface area contributed by atoms with Crippen molar-refractivity contribution in [3.8, 4) is 0 Å². The van der Waals surface area contributed by atoms with E-state index in [0.29, 0.717) is 0 Å². The lowest BCUT2D eigenvalue weighted by atomic mass is 9.80. The number of aliphatic hydroxyl groups is 5. The number of carboxylic acid groups (broad SMARTS) is 1. The first kappa shape index (κ1) is 19.5. The van der Waals surface area contributed by atoms with E-state index in [0.717, 1.165) is 0 Å². The van der Waals surface area contributed by atoms with Crippen molar-refractivity contribution in [2.45, 2.75) is 62.3 Å². The van der Waals surface area contributed by atoms with E-state index in [2.05, 4.69) is 0 Å². The molecule has 10 nitrogen and oxygen atoms in total. The lowest BCUT2D eigenvalue weighted by Crippen LogP contribution is -2.62. The first-order valence-electron chi connectivity index (χ1n) is 7.81. The average molecular weight is 351 g/mol. The molecule has 2 aliphatic rings. The molecule has 0 aromatic rings. The minimum absolute atomic E-state index is 0.0722. The highest BCUT2D eigenvalue weighted by molar-refractivity contribution is 5.73. The summed E-state index contributed by atoms with van der Waals surface area (Å²) >= 11 is 0. The number of nitrogens with two attached hydrogens (primary N) is 1. The first-order valence-corrected chi connectivity index (χ1v) is 7.81. The molecule has 8 N–H and O–H groups in total. The van der Waals surface area contributed by atoms with Crippen LogP contribution in [0.2, 0.25) is 0 Å². The Kier molecular flexibility index (Phi) is 6.15. The summed E-state index contributed by atoms with van der Waals surface area (Å²) in [7, 11) is 0. The van der Waals surface area contributed by atoms with E-state index in [9.17, 15) is 30.3 Å². The molecule has 0 spiro atoms. The van der Waals surface area contributed by atoms with Crippen LogP contribution < -0.4 is 5.73 Å². The van der Waals surface area contributed by atoms with Crippen molar-refractivity contribution in [2.75, 3.05) is 6.61 Å². The zero-order chi connectivity index (χ0) is 18.2. The second-order valence-electron chi connectivity index (χ2n) is 6.52. The summed E-state index contributed by atoms with van der Waals surface area (Å²) in [6, 6.07) is -1.02. The molecular weight excluding hydrogens is 326 g/mol. The van der Waals surface area contributed by atoms with E-state index in [1.807, 2.05) is 0 Å². The number of carbonyl (C=O) groups is 1. The largest absolute Gasteiger partial charge is 0.479 e. The Morgan fingerprint density at radius 3 is 2.38 bits per heavy atom. The Morgan fingerprint density at radius 2 is 1.83 bits per heavy atom. The molecule has 2 rings (SSSR count). The fourth-order valence-corrected chi connectivity index (χ4v) is 3.20. The maximum Gasteiger partial charge on any atom is 0.335 e. The van der Waals surface area contributed by atoms with Crippen molar-refractivity contribution in [1.29, 1.82) is 0 Å². The zero-order valence-corrected chi connectivity index (χ0v) is 13.2. The van der Waals surface area contributed by atoms with Gasteiger partial charge in [-0.15, -0.1) is 0 Å². The summed E-state index contributed by atoms with van der Waals surface area (Å²) in [5.74, 6) is -2.93. The minimum Gasteiger partial charge on any atom is -0.479 e. The zero-order valence-electron chi connectivity index (χ0n) is 13.2. The van der Waals surface area contributed by atoms with Gasteiger partial charge in [-0.1, -0.05) is 6.92 Å². The Labute approximate surface area is 138 Å². The van der Waals surface area contributed by atoms with Gasteiger partial charge in [0.25, 0.3) is 0 Å². The highest BCUT2D eigenvalue weighted by atomic mass is 16.7. The number of rotatable bonds is 4. The van der Waals surface area contributed by atoms with Crippen molar-refractivity contribution < 1.29 is 44.9 Å². The molecule has 0 aromatic carbocycles. The van der Waals surface area contributed by atoms with Gasteiger partial charge in [0.15, 0.2) is 12.4 Å². The molecule has 0 bridgehead atoms. The van der Waals surface area contributed by atoms with Crippen LogP contribution in [0.5, 0.6) is 0 Å². The van der Waals surface area contributed by atoms with Gasteiger partial charge < -0.3 is 45.8 Å². The molecule has 1 saturated carbocycles. The quantitative estimate of drug-likeness (QED) is 0.269. The third kappa shape index (κ3) is 3.55. The third-order valence-corrected chi connectivity index (χ3v) is 4.90. The van der Waals surface area contributed by atoms with Crippen LogP contribution in [-0.2, 0) is 14.3 Å². The second kappa shape index (κ2) is 7.58. The van der Waals surface area contributed by atoms with Crippen LogP contribution in [0.4, 0.5) is 0 Å². The van der Waals surface area contributed by atoms with E-state index >= 15 is 0 Å². The highest BCUT2D eigenvalue weighted by Gasteiger charge is 2.49. The van der Waals surface area contributed by atoms with Gasteiger partial charge in [-0.2, -0.15) is 0 Å². The molecule has 1 aliphatic carbocycles. The van der Waals surface area contributed by atoms with E-state index < -0.39 is 73.4 Å². The predicted octanol–water partition coefficient (Wildman–Crippen LogP) is -3.40. The molecule has 0 radical (unpaired) electrons. The van der Waals surface area contributed by atoms with Gasteiger partial charge in [0.1, 0.15) is 6.10 Å². The standard InChI is InChI=1S/C14H25NO9/c1-4-8(18)12(13(21)22)24-14(9(4)19)23-11-5(3-16)2-6(17)7(15)10(11)20/h4-12,14,16-20H,2-3,15H2,1H3,(H,21,22)/t4-,5+,6-,7-,8-,9+,10+,11-,12-,14+/m0/s1. The van der Waals surface area contributed by atoms with Crippen LogP contribution in [0.3, 0.4) is 0 Å². The summed E-state index contributed by atoms with van der Waals surface area (Å²) in [5.41, 5.74) is 5.69. The normalized spacial score (nSPS) is 49.8. The number of carboxylic acids is 1. The van der Waals surface area contributed by atoms with Gasteiger partial charge in [-0.05, 0) is 6.42 Å². The molecule has 0 aromatic heterocycles. The number of aliphatic carboxylic acids is 1. The number of ether oxygens (including phenoxy) is 2. The Morgan fingerprint density at radius 1 is 1.21 bits per heavy atom. The van der Waals surface area contributed by atoms with Crippen LogP contribution in [0.15, 0.2) is 0 Å². The topological polar surface area (TPSA) is 183 Å². The van der Waals surface area contributed by atoms with Gasteiger partial charge in [0.05, 0.1) is 30.5 Å². The molecule has 0 unspecified atom stereocenters. The molecule has 24 heavy (non-hydrogen) atoms. The summed E-state index contributed by atoms with van der Waals surface area (Å²) in [6.45, 7) is 1.04. The molecule has 10 heteroatoms. The van der Waals surface area contributed by atoms with Crippen LogP contribution >= 0.6 is 0 Å². The van der Waals surface area contributed by atoms with Gasteiger partial charge in [0.2, 0.25) is 0 Å². The number of aliphatic hydroxyl groups excluding tert-OH is 5. The first-order chi connectivity index (χ1) is 11.2. The van der Waals surface area contributed by atoms with Gasteiger partial charge >= 0.3 is 5.97 Å². The summed E-state index contributed by atoms with van der Waals surface area (Å²) < 4.78 is 10.7. The Balaban J connectivity index is 2.16. The van der Waals surface area contributed by atoms with Crippen molar-refractivity contribution in [1.82, 2.24) is 0 Å². The molecular formula is C14H25NO9. The van der Waals surface area contributed by atoms with Crippen molar-refractivity contribution >= 4 is 5.97 Å². The molecule has 10 atom stereocenters. The monoisotopic (exact) mass is 351 g/mol. The predicted molar refractivity (Wildman–Crippen MR) is 77.5 cm³/mol. The molecule has 1 aliphatic heterocycles. The molecule has 1 saturated heterocycles. The molecule has 0 amide bonds. The molecule has 2 fully saturated rings. The molecule has 1 heterocycles. The van der Waals surface area contributed by atoms with Gasteiger partial charge in [-0.25, -0.2) is 4.79 Å². The maximum atomic E-state index is 11.2. The van der Waals surface area contributed by atoms with E-state index in [4.69, 9.17) is 20.3 Å². The summed E-state index contributed by atoms with van der Waals surface area (Å²) in [4.78, 5) is 11.2. The SMILES string of the molecule is C[C@@H]1[C@@H](O)[C@H](O[C@H]2[C@@H](CO)C[C@H](O)[C@H](N)[C@H]2O)O[C@H](C(=O)O)[C@H]1O. The van der Waals surface area contributed by atoms with Crippen LogP contribution in [0, 0.1) is 11.8 Å². The summed E-state index contributed by atoms with van der Waals surface area (Å²) in [5, 5.41) is 58.5. The highest BCUT2D eigenvalue weighted by Crippen LogP contribution is 2.32. The van der Waals surface area contributed by atoms with E-state index in [-0.39, 0.29) is 6.42 Å². The fourth-order valence-electron chi connectivity index (χ4n) is 3.20. The Bertz CT molecular complexity index is 448. The smallest absolute Gasteiger partial charge is 0.335 e. The van der Waals surface area contributed by atoms with Crippen LogP contribution in [0.1, 0.15) is 13.3 Å². The lowest BCUT2D eigenvalue weighted by molar-refractivity contribution is -0.310. The minimum atomic E-state index is -1.60. The number of hydrogen-bond donors (Lipinski definition) is 7. The fraction of sp³-hybridized carbons (Fsp3) is 0.929. The second-order valence-corrected chi connectivity index (χ2v) is 6.52. The molecule has 140 valence electrons. The Hall–Kier alpha value is -0.850. The van der Waals surface area contributed by atoms with Gasteiger partial charge in [0, 0.05) is 18.4 Å². The van der Waals surface area contributed by atoms with E-state index in [1.54, 1.807) is 0 Å². The van der Waals surface area contributed by atoms with Crippen molar-refractivity contribution in [2.24, 2.45) is 17.6 Å². The average Bonchev–Trinajstić information content (AvgIpc) is 2.54. The third-order valence-electron chi connectivity index (χ3n) is 4.90. The lowest BCUT2D eigenvalue weighted by Gasteiger charge is -2.45. The number of hydrogen-bond acceptors (Lipinski definition) is 9. The van der Waals surface area contributed by atoms with E-state index in [1.165, 1.54) is 6.92 Å². The summed E-state index contributed by atoms with van der Waals surface area (Å²) in [6.07, 6.45) is -9.15. The van der Waals surface area contributed by atoms with Crippen molar-refractivity contribution in [3.63, 3.8) is 0 Å². The van der Waals surface area contributed by atoms with Gasteiger partial charge in [-0.3, -0.25) is 0 Å². The van der Waals surface area contributed by atoms with Crippen molar-refractivity contribution in [3.05, 3.63) is 0 Å². The van der Waals surface area contributed by atoms with Crippen LogP contribution in [0.25, 0.3) is 0 Å². The maximum absolute atomic E-state index is 11.2. The van der Waals surface area contributed by atoms with Crippen LogP contribution in [-0.4, -0.2) is 92.2 Å².